The first kappa shape index (κ1) is 19.5. The van der Waals surface area contributed by atoms with E-state index in [1.54, 1.807) is 0 Å². The van der Waals surface area contributed by atoms with E-state index in [4.69, 9.17) is 0 Å². The molecule has 0 aliphatic rings. The van der Waals surface area contributed by atoms with Crippen LogP contribution in [0.3, 0.4) is 0 Å². The molecule has 0 unspecified atom stereocenters. The van der Waals surface area contributed by atoms with Gasteiger partial charge >= 0.3 is 11.4 Å². The van der Waals surface area contributed by atoms with Crippen LogP contribution in [0.1, 0.15) is 0 Å². The topological polar surface area (TPSA) is 92.8 Å². The molecule has 0 spiro atoms. The Morgan fingerprint density at radius 2 is 1.55 bits per heavy atom. The summed E-state index contributed by atoms with van der Waals surface area (Å²) in [7, 11) is -7.97. The van der Waals surface area contributed by atoms with Crippen molar-refractivity contribution in [3.8, 4) is 0 Å². The zero-order valence-corrected chi connectivity index (χ0v) is 12.4. The fraction of sp³-hybridized carbons (Fsp3) is 1.00. The van der Waals surface area contributed by atoms with E-state index in [0.29, 0.717) is 4.13 Å². The first-order valence-corrected chi connectivity index (χ1v) is 8.27. The predicted octanol–water partition coefficient (Wildman–Crippen LogP) is -0.371. The summed E-state index contributed by atoms with van der Waals surface area (Å²) >= 11 is 0. The van der Waals surface area contributed by atoms with E-state index in [9.17, 15) is 34.4 Å². The molecule has 0 heterocycles. The smallest absolute Gasteiger partial charge is 0.313 e. The van der Waals surface area contributed by atoms with Crippen molar-refractivity contribution in [3.05, 3.63) is 0 Å². The Balaban J connectivity index is 5.18. The van der Waals surface area contributed by atoms with E-state index in [1.807, 2.05) is 0 Å². The van der Waals surface area contributed by atoms with Crippen LogP contribution in [0.15, 0.2) is 0 Å². The molecule has 0 aliphatic heterocycles. The van der Waals surface area contributed by atoms with Crippen molar-refractivity contribution in [2.45, 2.75) is 11.4 Å². The van der Waals surface area contributed by atoms with Gasteiger partial charge in [-0.05, 0) is 14.1 Å². The van der Waals surface area contributed by atoms with Crippen molar-refractivity contribution < 1.29 is 39.1 Å². The van der Waals surface area contributed by atoms with Gasteiger partial charge in [-0.25, -0.2) is 16.8 Å². The minimum atomic E-state index is -6.19. The fourth-order valence-electron chi connectivity index (χ4n) is 0.848. The van der Waals surface area contributed by atoms with Crippen molar-refractivity contribution in [1.29, 1.82) is 0 Å². The monoisotopic (exact) mass is 346 g/mol. The van der Waals surface area contributed by atoms with Gasteiger partial charge in [-0.15, -0.1) is 4.13 Å². The molecule has 0 aromatic heterocycles. The average Bonchev–Trinajstić information content (AvgIpc) is 2.11. The average molecular weight is 346 g/mol. The lowest BCUT2D eigenvalue weighted by molar-refractivity contribution is -0.317. The molecule has 20 heavy (non-hydrogen) atoms. The highest BCUT2D eigenvalue weighted by Crippen LogP contribution is 2.39. The second-order valence-electron chi connectivity index (χ2n) is 4.04. The Kier molecular flexibility index (Phi) is 5.94. The molecule has 0 saturated heterocycles. The lowest BCUT2D eigenvalue weighted by Gasteiger charge is -2.25. The molecule has 0 aromatic carbocycles. The number of alkyl halides is 4. The molecule has 0 aromatic rings. The molecule has 1 N–H and O–H groups in total. The lowest BCUT2D eigenvalue weighted by atomic mass is 10.6. The van der Waals surface area contributed by atoms with E-state index < -0.39 is 38.0 Å². The van der Waals surface area contributed by atoms with E-state index in [0.717, 1.165) is 0 Å². The largest absolute Gasteiger partial charge is 0.449 e. The number of nitrogens with one attached hydrogen (secondary N) is 1. The van der Waals surface area contributed by atoms with Gasteiger partial charge in [0.15, 0.2) is 0 Å². The summed E-state index contributed by atoms with van der Waals surface area (Å²) in [5.41, 5.74) is 0. The van der Waals surface area contributed by atoms with E-state index in [-0.39, 0.29) is 12.8 Å². The number of sulfonamides is 2. The predicted molar refractivity (Wildman–Crippen MR) is 61.3 cm³/mol. The highest BCUT2D eigenvalue weighted by Gasteiger charge is 2.68. The van der Waals surface area contributed by atoms with Crippen LogP contribution in [-0.2, 0) is 24.8 Å². The lowest BCUT2D eigenvalue weighted by Crippen LogP contribution is -2.54. The second-order valence-corrected chi connectivity index (χ2v) is 7.77. The van der Waals surface area contributed by atoms with E-state index >= 15 is 0 Å². The quantitative estimate of drug-likeness (QED) is 0.603. The number of hydrogen-bond donors (Lipinski definition) is 1. The molecule has 0 amide bonds. The first-order chi connectivity index (χ1) is 8.62. The van der Waals surface area contributed by atoms with Crippen LogP contribution in [0.5, 0.6) is 0 Å². The van der Waals surface area contributed by atoms with Crippen molar-refractivity contribution in [3.63, 3.8) is 0 Å². The molecule has 0 aliphatic carbocycles. The van der Waals surface area contributed by atoms with Gasteiger partial charge in [-0.2, -0.15) is 17.6 Å². The van der Waals surface area contributed by atoms with Crippen LogP contribution in [-0.4, -0.2) is 66.6 Å². The maximum absolute atomic E-state index is 13.2. The van der Waals surface area contributed by atoms with Crippen LogP contribution < -0.4 is 4.13 Å². The van der Waals surface area contributed by atoms with Crippen molar-refractivity contribution >= 4 is 20.0 Å². The van der Waals surface area contributed by atoms with E-state index in [2.05, 4.69) is 4.74 Å². The molecule has 0 fully saturated rings. The van der Waals surface area contributed by atoms with Crippen LogP contribution in [0.2, 0.25) is 0 Å². The number of ether oxygens (including phenoxy) is 1. The van der Waals surface area contributed by atoms with E-state index in [1.165, 1.54) is 19.0 Å². The molecular formula is C7H14F4N2O5S2. The van der Waals surface area contributed by atoms with Crippen molar-refractivity contribution in [2.75, 3.05) is 33.5 Å². The molecule has 0 rings (SSSR count). The molecule has 0 radical (unpaired) electrons. The van der Waals surface area contributed by atoms with Gasteiger partial charge in [0.25, 0.3) is 10.0 Å². The Morgan fingerprint density at radius 3 is 1.90 bits per heavy atom. The zero-order chi connectivity index (χ0) is 16.4. The minimum Gasteiger partial charge on any atom is -0.313 e. The fourth-order valence-corrected chi connectivity index (χ4v) is 3.23. The number of hydrogen-bond acceptors (Lipinski definition) is 6. The molecule has 7 nitrogen and oxygen atoms in total. The standard InChI is InChI=1S/C7H14F4N2O5S2/c1-13(2)4-5-18-6(8,9)7(10,11)20(16,17)12-19(3,14)15/h12H,4-5H2,1-3H3. The third-order valence-corrected chi connectivity index (χ3v) is 4.76. The van der Waals surface area contributed by atoms with Crippen molar-refractivity contribution in [1.82, 2.24) is 9.03 Å². The van der Waals surface area contributed by atoms with Crippen molar-refractivity contribution in [2.24, 2.45) is 0 Å². The molecule has 0 atom stereocenters. The van der Waals surface area contributed by atoms with Crippen LogP contribution >= 0.6 is 0 Å². The summed E-state index contributed by atoms with van der Waals surface area (Å²) in [6.07, 6.45) is -5.16. The Morgan fingerprint density at radius 1 is 1.10 bits per heavy atom. The number of halogens is 4. The maximum atomic E-state index is 13.2. The minimum absolute atomic E-state index is 0.175. The molecule has 13 heteroatoms. The number of likely N-dealkylation sites (N-methyl/N-ethyl adjacent to an activating group) is 1. The normalized spacial score (nSPS) is 14.8. The summed E-state index contributed by atoms with van der Waals surface area (Å²) in [5, 5.41) is -5.75. The first-order valence-electron chi connectivity index (χ1n) is 4.90. The summed E-state index contributed by atoms with van der Waals surface area (Å²) < 4.78 is 99.9. The number of nitrogens with zero attached hydrogens (tertiary/aromatic N) is 1. The van der Waals surface area contributed by atoms with Crippen LogP contribution in [0.25, 0.3) is 0 Å². The maximum Gasteiger partial charge on any atom is 0.449 e. The molecule has 0 bridgehead atoms. The summed E-state index contributed by atoms with van der Waals surface area (Å²) in [6.45, 7) is -1.06. The van der Waals surface area contributed by atoms with Gasteiger partial charge in [0, 0.05) is 6.54 Å². The highest BCUT2D eigenvalue weighted by molar-refractivity contribution is 8.04. The van der Waals surface area contributed by atoms with Gasteiger partial charge in [0.05, 0.1) is 12.9 Å². The van der Waals surface area contributed by atoms with Crippen LogP contribution in [0.4, 0.5) is 17.6 Å². The Hall–Kier alpha value is -0.500. The van der Waals surface area contributed by atoms with Gasteiger partial charge in [-0.3, -0.25) is 0 Å². The molecule has 122 valence electrons. The third-order valence-electron chi connectivity index (χ3n) is 1.76. The summed E-state index contributed by atoms with van der Waals surface area (Å²) in [5.74, 6) is 0. The SMILES string of the molecule is CN(C)CCOC(F)(F)C(F)(F)S(=O)(=O)NS(C)(=O)=O. The molecule has 0 saturated carbocycles. The van der Waals surface area contributed by atoms with Gasteiger partial charge in [0.2, 0.25) is 10.0 Å². The Labute approximate surface area is 114 Å². The molecular weight excluding hydrogens is 332 g/mol. The second kappa shape index (κ2) is 6.09. The zero-order valence-electron chi connectivity index (χ0n) is 10.7. The third kappa shape index (κ3) is 5.12. The summed E-state index contributed by atoms with van der Waals surface area (Å²) in [4.78, 5) is 1.33. The number of rotatable bonds is 8. The summed E-state index contributed by atoms with van der Waals surface area (Å²) in [6, 6.07) is 0. The van der Waals surface area contributed by atoms with Gasteiger partial charge in [0.1, 0.15) is 0 Å². The van der Waals surface area contributed by atoms with Gasteiger partial charge in [-0.1, -0.05) is 0 Å². The van der Waals surface area contributed by atoms with Gasteiger partial charge < -0.3 is 9.64 Å². The Bertz CT molecular complexity index is 531. The van der Waals surface area contributed by atoms with Crippen LogP contribution in [0, 0.1) is 0 Å². The highest BCUT2D eigenvalue weighted by atomic mass is 32.3.